The maximum absolute atomic E-state index is 12.3. The third kappa shape index (κ3) is 4.11. The predicted octanol–water partition coefficient (Wildman–Crippen LogP) is 3.91. The number of amides is 1. The second-order valence-electron chi connectivity index (χ2n) is 5.42. The molecule has 0 radical (unpaired) electrons. The van der Waals surface area contributed by atoms with Crippen molar-refractivity contribution in [2.75, 3.05) is 18.5 Å². The molecule has 0 saturated heterocycles. The number of hydrogen-bond donors (Lipinski definition) is 1. The first-order valence-electron chi connectivity index (χ1n) is 7.74. The van der Waals surface area contributed by atoms with E-state index in [1.165, 1.54) is 0 Å². The van der Waals surface area contributed by atoms with Gasteiger partial charge in [0.25, 0.3) is 5.91 Å². The van der Waals surface area contributed by atoms with Crippen LogP contribution in [0.15, 0.2) is 42.5 Å². The fourth-order valence-electron chi connectivity index (χ4n) is 2.26. The van der Waals surface area contributed by atoms with E-state index in [0.29, 0.717) is 41.2 Å². The molecule has 126 valence electrons. The molecule has 2 aromatic carbocycles. The van der Waals surface area contributed by atoms with Crippen LogP contribution in [0.1, 0.15) is 13.3 Å². The summed E-state index contributed by atoms with van der Waals surface area (Å²) in [6.45, 7) is 2.91. The van der Waals surface area contributed by atoms with Crippen LogP contribution in [-0.2, 0) is 4.79 Å². The van der Waals surface area contributed by atoms with Crippen LogP contribution >= 0.6 is 11.6 Å². The van der Waals surface area contributed by atoms with Gasteiger partial charge >= 0.3 is 0 Å². The number of carbonyl (C=O) groups excluding carboxylic acids is 1. The van der Waals surface area contributed by atoms with E-state index in [1.54, 1.807) is 49.4 Å². The van der Waals surface area contributed by atoms with E-state index in [0.717, 1.165) is 6.42 Å². The molecule has 5 nitrogen and oxygen atoms in total. The Kier molecular flexibility index (Phi) is 5.11. The lowest BCUT2D eigenvalue weighted by Crippen LogP contribution is -2.30. The molecule has 0 bridgehead atoms. The topological polar surface area (TPSA) is 56.8 Å². The summed E-state index contributed by atoms with van der Waals surface area (Å²) < 4.78 is 16.8. The third-order valence-corrected chi connectivity index (χ3v) is 3.76. The molecule has 0 spiro atoms. The minimum atomic E-state index is -0.651. The first-order valence-corrected chi connectivity index (χ1v) is 8.12. The maximum Gasteiger partial charge on any atom is 0.265 e. The van der Waals surface area contributed by atoms with E-state index < -0.39 is 6.10 Å². The van der Waals surface area contributed by atoms with E-state index in [-0.39, 0.29) is 5.91 Å². The molecule has 3 rings (SSSR count). The molecule has 1 heterocycles. The minimum Gasteiger partial charge on any atom is -0.490 e. The fourth-order valence-corrected chi connectivity index (χ4v) is 2.38. The van der Waals surface area contributed by atoms with Gasteiger partial charge in [0.2, 0.25) is 0 Å². The van der Waals surface area contributed by atoms with Gasteiger partial charge in [0.1, 0.15) is 5.75 Å². The van der Waals surface area contributed by atoms with Crippen molar-refractivity contribution in [2.24, 2.45) is 0 Å². The summed E-state index contributed by atoms with van der Waals surface area (Å²) in [4.78, 5) is 12.3. The van der Waals surface area contributed by atoms with Crippen LogP contribution in [0.4, 0.5) is 5.69 Å². The molecule has 1 aliphatic heterocycles. The smallest absolute Gasteiger partial charge is 0.265 e. The third-order valence-electron chi connectivity index (χ3n) is 3.51. The van der Waals surface area contributed by atoms with E-state index in [1.807, 2.05) is 0 Å². The van der Waals surface area contributed by atoms with Crippen LogP contribution in [-0.4, -0.2) is 25.2 Å². The van der Waals surface area contributed by atoms with Crippen LogP contribution < -0.4 is 19.5 Å². The molecule has 1 aliphatic rings. The van der Waals surface area contributed by atoms with Crippen molar-refractivity contribution in [2.45, 2.75) is 19.4 Å². The summed E-state index contributed by atoms with van der Waals surface area (Å²) in [5, 5.41) is 3.44. The van der Waals surface area contributed by atoms with Crippen LogP contribution in [0.3, 0.4) is 0 Å². The van der Waals surface area contributed by atoms with Gasteiger partial charge in [-0.05, 0) is 43.3 Å². The lowest BCUT2D eigenvalue weighted by Gasteiger charge is -2.15. The Morgan fingerprint density at radius 2 is 1.83 bits per heavy atom. The monoisotopic (exact) mass is 347 g/mol. The number of nitrogens with one attached hydrogen (secondary N) is 1. The van der Waals surface area contributed by atoms with Gasteiger partial charge in [-0.25, -0.2) is 0 Å². The van der Waals surface area contributed by atoms with Gasteiger partial charge in [0.15, 0.2) is 17.6 Å². The summed E-state index contributed by atoms with van der Waals surface area (Å²) in [6.07, 6.45) is 0.185. The second-order valence-corrected chi connectivity index (χ2v) is 5.85. The van der Waals surface area contributed by atoms with Gasteiger partial charge < -0.3 is 19.5 Å². The number of benzene rings is 2. The molecule has 1 N–H and O–H groups in total. The summed E-state index contributed by atoms with van der Waals surface area (Å²) in [6, 6.07) is 12.2. The predicted molar refractivity (Wildman–Crippen MR) is 92.2 cm³/mol. The number of carbonyl (C=O) groups is 1. The Hall–Kier alpha value is -2.40. The number of fused-ring (bicyclic) bond motifs is 1. The lowest BCUT2D eigenvalue weighted by atomic mass is 10.2. The quantitative estimate of drug-likeness (QED) is 0.911. The molecule has 2 aromatic rings. The molecule has 6 heteroatoms. The first kappa shape index (κ1) is 16.5. The minimum absolute atomic E-state index is 0.251. The Balaban J connectivity index is 1.63. The van der Waals surface area contributed by atoms with E-state index in [4.69, 9.17) is 25.8 Å². The van der Waals surface area contributed by atoms with Crippen molar-refractivity contribution < 1.29 is 19.0 Å². The van der Waals surface area contributed by atoms with Crippen LogP contribution in [0, 0.1) is 0 Å². The molecule has 24 heavy (non-hydrogen) atoms. The average molecular weight is 348 g/mol. The molecule has 0 fully saturated rings. The highest BCUT2D eigenvalue weighted by Gasteiger charge is 2.17. The van der Waals surface area contributed by atoms with Crippen LogP contribution in [0.5, 0.6) is 17.2 Å². The molecule has 0 saturated carbocycles. The highest BCUT2D eigenvalue weighted by Crippen LogP contribution is 2.32. The maximum atomic E-state index is 12.3. The van der Waals surface area contributed by atoms with Gasteiger partial charge in [-0.15, -0.1) is 0 Å². The Bertz CT molecular complexity index is 717. The zero-order valence-electron chi connectivity index (χ0n) is 13.3. The number of hydrogen-bond acceptors (Lipinski definition) is 4. The zero-order chi connectivity index (χ0) is 16.9. The summed E-state index contributed by atoms with van der Waals surface area (Å²) in [7, 11) is 0. The summed E-state index contributed by atoms with van der Waals surface area (Å²) in [5.41, 5.74) is 0.635. The molecule has 1 atom stereocenters. The van der Waals surface area contributed by atoms with Crippen LogP contribution in [0.25, 0.3) is 0 Å². The van der Waals surface area contributed by atoms with E-state index in [2.05, 4.69) is 5.32 Å². The molecule has 1 unspecified atom stereocenters. The van der Waals surface area contributed by atoms with Gasteiger partial charge in [-0.3, -0.25) is 4.79 Å². The number of halogens is 1. The molecular formula is C18H18ClNO4. The van der Waals surface area contributed by atoms with Crippen LogP contribution in [0.2, 0.25) is 5.02 Å². The van der Waals surface area contributed by atoms with Gasteiger partial charge in [-0.1, -0.05) is 11.6 Å². The Morgan fingerprint density at radius 3 is 2.58 bits per heavy atom. The lowest BCUT2D eigenvalue weighted by molar-refractivity contribution is -0.122. The van der Waals surface area contributed by atoms with Crippen molar-refractivity contribution in [1.82, 2.24) is 0 Å². The van der Waals surface area contributed by atoms with Gasteiger partial charge in [-0.2, -0.15) is 0 Å². The van der Waals surface area contributed by atoms with Crippen molar-refractivity contribution in [3.63, 3.8) is 0 Å². The van der Waals surface area contributed by atoms with Gasteiger partial charge in [0, 0.05) is 23.2 Å². The Labute approximate surface area is 145 Å². The standard InChI is InChI=1S/C18H18ClNO4/c1-12(24-15-6-3-13(19)4-7-15)18(21)20-14-5-8-16-17(11-14)23-10-2-9-22-16/h3-8,11-12H,2,9-10H2,1H3,(H,20,21). The highest BCUT2D eigenvalue weighted by molar-refractivity contribution is 6.30. The number of anilines is 1. The van der Waals surface area contributed by atoms with Crippen molar-refractivity contribution >= 4 is 23.2 Å². The fraction of sp³-hybridized carbons (Fsp3) is 0.278. The highest BCUT2D eigenvalue weighted by atomic mass is 35.5. The summed E-state index contributed by atoms with van der Waals surface area (Å²) >= 11 is 5.83. The average Bonchev–Trinajstić information content (AvgIpc) is 2.81. The molecule has 1 amide bonds. The summed E-state index contributed by atoms with van der Waals surface area (Å²) in [5.74, 6) is 1.66. The van der Waals surface area contributed by atoms with Gasteiger partial charge in [0.05, 0.1) is 13.2 Å². The zero-order valence-corrected chi connectivity index (χ0v) is 14.0. The normalized spacial score (nSPS) is 14.4. The molecule has 0 aromatic heterocycles. The van der Waals surface area contributed by atoms with Crippen molar-refractivity contribution in [3.05, 3.63) is 47.5 Å². The SMILES string of the molecule is CC(Oc1ccc(Cl)cc1)C(=O)Nc1ccc2c(c1)OCCCO2. The van der Waals surface area contributed by atoms with Crippen molar-refractivity contribution in [1.29, 1.82) is 0 Å². The van der Waals surface area contributed by atoms with Crippen molar-refractivity contribution in [3.8, 4) is 17.2 Å². The van der Waals surface area contributed by atoms with E-state index >= 15 is 0 Å². The second kappa shape index (κ2) is 7.45. The largest absolute Gasteiger partial charge is 0.490 e. The van der Waals surface area contributed by atoms with E-state index in [9.17, 15) is 4.79 Å². The number of rotatable bonds is 4. The molecule has 0 aliphatic carbocycles. The Morgan fingerprint density at radius 1 is 1.12 bits per heavy atom. The first-order chi connectivity index (χ1) is 11.6. The molecular weight excluding hydrogens is 330 g/mol. The number of ether oxygens (including phenoxy) is 3.